The highest BCUT2D eigenvalue weighted by molar-refractivity contribution is 5.84. The largest absolute Gasteiger partial charge is 0.507 e. The Balaban J connectivity index is 2.06. The number of rotatable bonds is 2. The molecule has 0 fully saturated rings. The van der Waals surface area contributed by atoms with Crippen LogP contribution in [0.1, 0.15) is 0 Å². The number of fused-ring (bicyclic) bond motifs is 1. The molecule has 112 valence electrons. The van der Waals surface area contributed by atoms with E-state index in [1.54, 1.807) is 24.3 Å². The van der Waals surface area contributed by atoms with E-state index in [1.807, 2.05) is 53.1 Å². The zero-order valence-corrected chi connectivity index (χ0v) is 12.2. The first-order valence-electron chi connectivity index (χ1n) is 7.29. The molecule has 0 amide bonds. The normalized spacial score (nSPS) is 11.0. The number of nitrogens with zero attached hydrogens (tertiary/aromatic N) is 2. The zero-order valence-electron chi connectivity index (χ0n) is 12.2. The fourth-order valence-electron chi connectivity index (χ4n) is 2.76. The Labute approximate surface area is 132 Å². The molecule has 23 heavy (non-hydrogen) atoms. The van der Waals surface area contributed by atoms with Gasteiger partial charge in [0.15, 0.2) is 0 Å². The van der Waals surface area contributed by atoms with Crippen molar-refractivity contribution in [3.8, 4) is 34.1 Å². The Morgan fingerprint density at radius 2 is 1.30 bits per heavy atom. The number of imidazole rings is 1. The maximum Gasteiger partial charge on any atom is 0.149 e. The molecule has 0 bridgehead atoms. The number of benzene rings is 2. The van der Waals surface area contributed by atoms with Gasteiger partial charge in [0.1, 0.15) is 23.0 Å². The van der Waals surface area contributed by atoms with Gasteiger partial charge in [0.2, 0.25) is 0 Å². The average molecular weight is 302 g/mol. The van der Waals surface area contributed by atoms with Gasteiger partial charge < -0.3 is 10.2 Å². The number of phenolic OH excluding ortho intramolecular Hbond substituents is 2. The van der Waals surface area contributed by atoms with E-state index in [-0.39, 0.29) is 11.5 Å². The van der Waals surface area contributed by atoms with Crippen LogP contribution in [0, 0.1) is 0 Å². The van der Waals surface area contributed by atoms with Gasteiger partial charge in [0.05, 0.1) is 11.1 Å². The van der Waals surface area contributed by atoms with Crippen molar-refractivity contribution in [2.45, 2.75) is 0 Å². The summed E-state index contributed by atoms with van der Waals surface area (Å²) in [5.74, 6) is 0.990. The second kappa shape index (κ2) is 5.18. The third kappa shape index (κ3) is 2.12. The molecular weight excluding hydrogens is 288 g/mol. The summed E-state index contributed by atoms with van der Waals surface area (Å²) in [5.41, 5.74) is 2.86. The summed E-state index contributed by atoms with van der Waals surface area (Å²) < 4.78 is 1.91. The highest BCUT2D eigenvalue weighted by atomic mass is 16.3. The molecule has 0 atom stereocenters. The van der Waals surface area contributed by atoms with Crippen LogP contribution in [0.25, 0.3) is 28.2 Å². The smallest absolute Gasteiger partial charge is 0.149 e. The monoisotopic (exact) mass is 302 g/mol. The summed E-state index contributed by atoms with van der Waals surface area (Å²) in [6, 6.07) is 20.0. The van der Waals surface area contributed by atoms with Crippen molar-refractivity contribution in [1.82, 2.24) is 9.38 Å². The molecule has 0 aliphatic rings. The lowest BCUT2D eigenvalue weighted by Gasteiger charge is -2.03. The van der Waals surface area contributed by atoms with Gasteiger partial charge in [-0.25, -0.2) is 4.98 Å². The minimum absolute atomic E-state index is 0.173. The van der Waals surface area contributed by atoms with Gasteiger partial charge >= 0.3 is 0 Å². The van der Waals surface area contributed by atoms with Crippen molar-refractivity contribution in [2.24, 2.45) is 0 Å². The summed E-state index contributed by atoms with van der Waals surface area (Å²) in [7, 11) is 0. The molecule has 0 spiro atoms. The van der Waals surface area contributed by atoms with E-state index in [1.165, 1.54) is 0 Å². The molecule has 2 heterocycles. The first-order valence-corrected chi connectivity index (χ1v) is 7.29. The van der Waals surface area contributed by atoms with Gasteiger partial charge in [-0.15, -0.1) is 0 Å². The Morgan fingerprint density at radius 3 is 2.00 bits per heavy atom. The molecule has 4 rings (SSSR count). The molecule has 0 radical (unpaired) electrons. The number of hydrogen-bond acceptors (Lipinski definition) is 3. The van der Waals surface area contributed by atoms with Crippen molar-refractivity contribution in [2.75, 3.05) is 0 Å². The molecule has 4 heteroatoms. The maximum atomic E-state index is 10.2. The highest BCUT2D eigenvalue weighted by Crippen LogP contribution is 2.36. The number of aromatic hydroxyl groups is 2. The molecule has 0 aliphatic carbocycles. The minimum atomic E-state index is 0.173. The van der Waals surface area contributed by atoms with Crippen molar-refractivity contribution in [3.63, 3.8) is 0 Å². The van der Waals surface area contributed by atoms with Crippen molar-refractivity contribution < 1.29 is 10.2 Å². The Kier molecular flexibility index (Phi) is 3.01. The highest BCUT2D eigenvalue weighted by Gasteiger charge is 2.17. The van der Waals surface area contributed by atoms with E-state index in [4.69, 9.17) is 4.98 Å². The molecule has 0 saturated heterocycles. The quantitative estimate of drug-likeness (QED) is 0.586. The van der Waals surface area contributed by atoms with Crippen LogP contribution in [0.5, 0.6) is 11.5 Å². The first-order chi connectivity index (χ1) is 11.3. The third-order valence-electron chi connectivity index (χ3n) is 3.85. The van der Waals surface area contributed by atoms with Crippen molar-refractivity contribution in [1.29, 1.82) is 0 Å². The average Bonchev–Trinajstić information content (AvgIpc) is 2.95. The summed E-state index contributed by atoms with van der Waals surface area (Å²) >= 11 is 0. The van der Waals surface area contributed by atoms with Gasteiger partial charge in [0.25, 0.3) is 0 Å². The second-order valence-corrected chi connectivity index (χ2v) is 5.27. The van der Waals surface area contributed by atoms with E-state index in [0.29, 0.717) is 22.6 Å². The van der Waals surface area contributed by atoms with Crippen LogP contribution in [-0.4, -0.2) is 19.6 Å². The van der Waals surface area contributed by atoms with Crippen LogP contribution in [0.15, 0.2) is 72.9 Å². The molecule has 0 aliphatic heterocycles. The zero-order chi connectivity index (χ0) is 15.8. The molecule has 2 aromatic heterocycles. The molecule has 4 aromatic rings. The second-order valence-electron chi connectivity index (χ2n) is 5.27. The van der Waals surface area contributed by atoms with Gasteiger partial charge in [-0.05, 0) is 36.4 Å². The number of aromatic nitrogens is 2. The predicted molar refractivity (Wildman–Crippen MR) is 89.4 cm³/mol. The summed E-state index contributed by atoms with van der Waals surface area (Å²) in [6.07, 6.45) is 1.90. The lowest BCUT2D eigenvalue weighted by Crippen LogP contribution is -1.88. The number of pyridine rings is 1. The molecule has 2 aromatic carbocycles. The summed E-state index contributed by atoms with van der Waals surface area (Å²) in [5, 5.41) is 20.3. The fraction of sp³-hybridized carbons (Fsp3) is 0. The van der Waals surface area contributed by atoms with Crippen LogP contribution < -0.4 is 0 Å². The Hall–Kier alpha value is -3.27. The van der Waals surface area contributed by atoms with Crippen molar-refractivity contribution >= 4 is 5.52 Å². The van der Waals surface area contributed by atoms with Gasteiger partial charge in [-0.2, -0.15) is 0 Å². The molecule has 0 saturated carbocycles. The Bertz CT molecular complexity index is 926. The van der Waals surface area contributed by atoms with E-state index in [9.17, 15) is 10.2 Å². The van der Waals surface area contributed by atoms with Gasteiger partial charge in [-0.3, -0.25) is 4.40 Å². The van der Waals surface area contributed by atoms with Crippen LogP contribution >= 0.6 is 0 Å². The van der Waals surface area contributed by atoms with E-state index < -0.39 is 0 Å². The van der Waals surface area contributed by atoms with Crippen LogP contribution in [0.4, 0.5) is 0 Å². The van der Waals surface area contributed by atoms with Crippen LogP contribution in [-0.2, 0) is 0 Å². The standard InChI is InChI=1S/C19H14N2O2/c22-16-10-3-1-7-13(16)18-15-9-5-6-12-21(15)19(20-18)14-8-2-4-11-17(14)23/h1-12,22-23H. The lowest BCUT2D eigenvalue weighted by molar-refractivity contribution is 0.477. The fourth-order valence-corrected chi connectivity index (χ4v) is 2.76. The van der Waals surface area contributed by atoms with Crippen molar-refractivity contribution in [3.05, 3.63) is 72.9 Å². The van der Waals surface area contributed by atoms with E-state index in [2.05, 4.69) is 0 Å². The van der Waals surface area contributed by atoms with Crippen LogP contribution in [0.2, 0.25) is 0 Å². The topological polar surface area (TPSA) is 57.8 Å². The summed E-state index contributed by atoms with van der Waals surface area (Å²) in [6.45, 7) is 0. The van der Waals surface area contributed by atoms with Gasteiger partial charge in [-0.1, -0.05) is 30.3 Å². The third-order valence-corrected chi connectivity index (χ3v) is 3.85. The molecule has 2 N–H and O–H groups in total. The van der Waals surface area contributed by atoms with Gasteiger partial charge in [0, 0.05) is 11.8 Å². The molecular formula is C19H14N2O2. The predicted octanol–water partition coefficient (Wildman–Crippen LogP) is 4.08. The van der Waals surface area contributed by atoms with E-state index in [0.717, 1.165) is 5.52 Å². The molecule has 4 nitrogen and oxygen atoms in total. The number of phenols is 2. The molecule has 0 unspecified atom stereocenters. The lowest BCUT2D eigenvalue weighted by atomic mass is 10.1. The minimum Gasteiger partial charge on any atom is -0.507 e. The SMILES string of the molecule is Oc1ccccc1-c1nc(-c2ccccc2O)n2ccccc12. The Morgan fingerprint density at radius 1 is 0.696 bits per heavy atom. The number of hydrogen-bond donors (Lipinski definition) is 2. The first kappa shape index (κ1) is 13.4. The van der Waals surface area contributed by atoms with Crippen LogP contribution in [0.3, 0.4) is 0 Å². The summed E-state index contributed by atoms with van der Waals surface area (Å²) in [4.78, 5) is 4.69. The maximum absolute atomic E-state index is 10.2. The van der Waals surface area contributed by atoms with E-state index >= 15 is 0 Å². The number of para-hydroxylation sites is 2.